The zero-order valence-corrected chi connectivity index (χ0v) is 26.1. The second-order valence-corrected chi connectivity index (χ2v) is 11.3. The average Bonchev–Trinajstić information content (AvgIpc) is 2.95. The van der Waals surface area contributed by atoms with E-state index < -0.39 is 36.2 Å². The Morgan fingerprint density at radius 2 is 1.62 bits per heavy atom. The molecule has 1 aliphatic rings. The van der Waals surface area contributed by atoms with Crippen molar-refractivity contribution in [3.63, 3.8) is 0 Å². The zero-order chi connectivity index (χ0) is 31.7. The number of esters is 1. The SMILES string of the molecule is CCCC(O)CC[C@@H](C)[C@@H](O)[C@H](C)[C@H]1CC=CC=CC=CC(O)C(=O)C(C)=CC=CC(C)=CC(O)C(C)=CCC(=O)O1. The van der Waals surface area contributed by atoms with E-state index in [1.54, 1.807) is 68.5 Å². The van der Waals surface area contributed by atoms with Gasteiger partial charge in [-0.3, -0.25) is 9.59 Å². The average molecular weight is 585 g/mol. The Hall–Kier alpha value is -2.84. The Morgan fingerprint density at radius 3 is 2.31 bits per heavy atom. The molecule has 0 saturated heterocycles. The molecule has 0 amide bonds. The van der Waals surface area contributed by atoms with E-state index in [9.17, 15) is 30.0 Å². The van der Waals surface area contributed by atoms with Crippen molar-refractivity contribution in [2.24, 2.45) is 11.8 Å². The fourth-order valence-corrected chi connectivity index (χ4v) is 4.57. The number of aliphatic hydroxyl groups excluding tert-OH is 4. The van der Waals surface area contributed by atoms with Crippen LogP contribution in [0, 0.1) is 11.8 Å². The maximum Gasteiger partial charge on any atom is 0.309 e. The molecule has 0 aromatic carbocycles. The fraction of sp³-hybridized carbons (Fsp3) is 0.543. The quantitative estimate of drug-likeness (QED) is 0.216. The fourth-order valence-electron chi connectivity index (χ4n) is 4.57. The van der Waals surface area contributed by atoms with Crippen LogP contribution in [0.3, 0.4) is 0 Å². The van der Waals surface area contributed by atoms with Gasteiger partial charge in [0, 0.05) is 12.3 Å². The molecule has 0 fully saturated rings. The first-order valence-corrected chi connectivity index (χ1v) is 15.0. The molecular weight excluding hydrogens is 532 g/mol. The zero-order valence-electron chi connectivity index (χ0n) is 26.1. The number of rotatable bonds is 8. The van der Waals surface area contributed by atoms with E-state index in [4.69, 9.17) is 4.74 Å². The topological polar surface area (TPSA) is 124 Å². The van der Waals surface area contributed by atoms with E-state index in [-0.39, 0.29) is 24.4 Å². The molecule has 42 heavy (non-hydrogen) atoms. The van der Waals surface area contributed by atoms with Crippen LogP contribution < -0.4 is 0 Å². The lowest BCUT2D eigenvalue weighted by Gasteiger charge is -2.31. The third kappa shape index (κ3) is 14.4. The van der Waals surface area contributed by atoms with E-state index in [1.807, 2.05) is 33.8 Å². The number of ether oxygens (including phenoxy) is 1. The molecule has 234 valence electrons. The Labute approximate surface area is 252 Å². The van der Waals surface area contributed by atoms with Crippen molar-refractivity contribution in [3.8, 4) is 0 Å². The molecule has 0 aromatic heterocycles. The summed E-state index contributed by atoms with van der Waals surface area (Å²) in [5, 5.41) is 42.0. The third-order valence-corrected chi connectivity index (χ3v) is 7.54. The van der Waals surface area contributed by atoms with E-state index in [0.717, 1.165) is 18.4 Å². The summed E-state index contributed by atoms with van der Waals surface area (Å²) in [4.78, 5) is 25.3. The van der Waals surface area contributed by atoms with Crippen molar-refractivity contribution in [1.82, 2.24) is 0 Å². The molecule has 7 nitrogen and oxygen atoms in total. The van der Waals surface area contributed by atoms with Crippen molar-refractivity contribution in [3.05, 3.63) is 83.6 Å². The Bertz CT molecular complexity index is 1060. The van der Waals surface area contributed by atoms with Crippen LogP contribution in [0.5, 0.6) is 0 Å². The summed E-state index contributed by atoms with van der Waals surface area (Å²) in [6.07, 6.45) is 17.7. The van der Waals surface area contributed by atoms with Crippen LogP contribution >= 0.6 is 0 Å². The summed E-state index contributed by atoms with van der Waals surface area (Å²) < 4.78 is 5.83. The van der Waals surface area contributed by atoms with Crippen molar-refractivity contribution in [2.45, 2.75) is 111 Å². The van der Waals surface area contributed by atoms with E-state index in [0.29, 0.717) is 30.4 Å². The molecule has 4 N–H and O–H groups in total. The molecule has 0 radical (unpaired) electrons. The van der Waals surface area contributed by atoms with Gasteiger partial charge in [-0.2, -0.15) is 0 Å². The highest BCUT2D eigenvalue weighted by Gasteiger charge is 2.30. The van der Waals surface area contributed by atoms with Crippen LogP contribution in [0.2, 0.25) is 0 Å². The van der Waals surface area contributed by atoms with E-state index in [1.165, 1.54) is 6.08 Å². The maximum absolute atomic E-state index is 12.8. The molecule has 0 spiro atoms. The summed E-state index contributed by atoms with van der Waals surface area (Å²) in [5.74, 6) is -1.32. The van der Waals surface area contributed by atoms with Crippen LogP contribution in [0.1, 0.15) is 80.1 Å². The molecule has 0 aromatic rings. The first kappa shape index (κ1) is 37.2. The van der Waals surface area contributed by atoms with E-state index in [2.05, 4.69) is 0 Å². The summed E-state index contributed by atoms with van der Waals surface area (Å²) in [7, 11) is 0. The lowest BCUT2D eigenvalue weighted by molar-refractivity contribution is -0.153. The molecule has 0 saturated carbocycles. The highest BCUT2D eigenvalue weighted by molar-refractivity contribution is 5.99. The summed E-state index contributed by atoms with van der Waals surface area (Å²) >= 11 is 0. The third-order valence-electron chi connectivity index (χ3n) is 7.54. The minimum absolute atomic E-state index is 0.0233. The smallest absolute Gasteiger partial charge is 0.309 e. The van der Waals surface area contributed by atoms with Crippen LogP contribution in [0.4, 0.5) is 0 Å². The van der Waals surface area contributed by atoms with Crippen molar-refractivity contribution in [1.29, 1.82) is 0 Å². The first-order valence-electron chi connectivity index (χ1n) is 15.0. The van der Waals surface area contributed by atoms with Gasteiger partial charge in [-0.05, 0) is 69.2 Å². The standard InChI is InChI=1S/C35H52O7/c1-7-14-29(36)21-19-27(5)34(40)28(6)32-18-12-10-8-9-11-17-30(37)35(41)26(4)16-13-15-24(2)23-31(38)25(3)20-22-33(39)42-32/h8-13,15-17,20,23,27-32,34,36-38,40H,7,14,18-19,21-22H2,1-6H3/t27-,28-,29?,30?,31?,32-,34-/m1/s1. The second-order valence-electron chi connectivity index (χ2n) is 11.3. The molecule has 1 aliphatic heterocycles. The minimum atomic E-state index is -1.27. The molecule has 3 unspecified atom stereocenters. The minimum Gasteiger partial charge on any atom is -0.461 e. The van der Waals surface area contributed by atoms with Gasteiger partial charge < -0.3 is 25.2 Å². The number of allylic oxidation sites excluding steroid dienone is 8. The van der Waals surface area contributed by atoms with Crippen molar-refractivity contribution >= 4 is 11.8 Å². The second kappa shape index (κ2) is 20.1. The lowest BCUT2D eigenvalue weighted by atomic mass is 9.85. The van der Waals surface area contributed by atoms with Gasteiger partial charge in [0.05, 0.1) is 24.7 Å². The summed E-state index contributed by atoms with van der Waals surface area (Å²) in [6.45, 7) is 11.0. The van der Waals surface area contributed by atoms with Gasteiger partial charge in [-0.15, -0.1) is 0 Å². The number of hydrogen-bond donors (Lipinski definition) is 4. The van der Waals surface area contributed by atoms with Gasteiger partial charge in [0.1, 0.15) is 12.2 Å². The number of ketones is 1. The lowest BCUT2D eigenvalue weighted by Crippen LogP contribution is -2.37. The van der Waals surface area contributed by atoms with Crippen LogP contribution in [0.25, 0.3) is 0 Å². The normalized spacial score (nSPS) is 24.8. The summed E-state index contributed by atoms with van der Waals surface area (Å²) in [5.41, 5.74) is 1.74. The molecule has 1 rings (SSSR count). The Balaban J connectivity index is 3.19. The predicted octanol–water partition coefficient (Wildman–Crippen LogP) is 5.62. The number of hydrogen-bond acceptors (Lipinski definition) is 7. The molecule has 7 heteroatoms. The highest BCUT2D eigenvalue weighted by Crippen LogP contribution is 2.26. The first-order chi connectivity index (χ1) is 19.9. The van der Waals surface area contributed by atoms with E-state index >= 15 is 0 Å². The predicted molar refractivity (Wildman–Crippen MR) is 168 cm³/mol. The van der Waals surface area contributed by atoms with Crippen LogP contribution in [-0.4, -0.2) is 62.7 Å². The molecule has 1 heterocycles. The van der Waals surface area contributed by atoms with Crippen molar-refractivity contribution in [2.75, 3.05) is 0 Å². The monoisotopic (exact) mass is 584 g/mol. The number of cyclic esters (lactones) is 1. The van der Waals surface area contributed by atoms with Crippen molar-refractivity contribution < 1.29 is 34.8 Å². The molecule has 0 aliphatic carbocycles. The number of carbonyl (C=O) groups excluding carboxylic acids is 2. The van der Waals surface area contributed by atoms with Crippen LogP contribution in [-0.2, 0) is 14.3 Å². The van der Waals surface area contributed by atoms with Gasteiger partial charge in [-0.25, -0.2) is 0 Å². The van der Waals surface area contributed by atoms with Gasteiger partial charge in [0.25, 0.3) is 0 Å². The number of carbonyl (C=O) groups is 2. The highest BCUT2D eigenvalue weighted by atomic mass is 16.5. The number of Topliss-reactive ketones (excluding diaryl/α,β-unsaturated/α-hetero) is 1. The largest absolute Gasteiger partial charge is 0.461 e. The maximum atomic E-state index is 12.8. The molecule has 0 bridgehead atoms. The summed E-state index contributed by atoms with van der Waals surface area (Å²) in [6, 6.07) is 0. The van der Waals surface area contributed by atoms with Gasteiger partial charge in [0.15, 0.2) is 5.78 Å². The van der Waals surface area contributed by atoms with Gasteiger partial charge >= 0.3 is 5.97 Å². The van der Waals surface area contributed by atoms with Gasteiger partial charge in [-0.1, -0.05) is 87.4 Å². The molecule has 7 atom stereocenters. The molecular formula is C35H52O7. The Kier molecular flexibility index (Phi) is 17.8. The van der Waals surface area contributed by atoms with Crippen LogP contribution in [0.15, 0.2) is 83.6 Å². The Morgan fingerprint density at radius 1 is 0.929 bits per heavy atom. The van der Waals surface area contributed by atoms with Gasteiger partial charge in [0.2, 0.25) is 0 Å². The number of aliphatic hydroxyl groups is 4.